The van der Waals surface area contributed by atoms with E-state index in [-0.39, 0.29) is 24.5 Å². The molecule has 2 rings (SSSR count). The fraction of sp³-hybridized carbons (Fsp3) is 0.833. The topological polar surface area (TPSA) is 92.9 Å². The van der Waals surface area contributed by atoms with Crippen LogP contribution in [-0.2, 0) is 14.3 Å². The minimum Gasteiger partial charge on any atom is -0.480 e. The first-order valence-electron chi connectivity index (χ1n) is 6.30. The van der Waals surface area contributed by atoms with Gasteiger partial charge in [-0.3, -0.25) is 4.79 Å². The van der Waals surface area contributed by atoms with Crippen molar-refractivity contribution in [3.63, 3.8) is 0 Å². The molecule has 1 aliphatic heterocycles. The molecule has 1 saturated carbocycles. The molecule has 3 N–H and O–H groups in total. The van der Waals surface area contributed by atoms with Crippen LogP contribution in [0.5, 0.6) is 0 Å². The lowest BCUT2D eigenvalue weighted by atomic mass is 9.93. The molecular formula is C12H20N2O4. The normalized spacial score (nSPS) is 30.0. The number of nitrogens with zero attached hydrogens (tertiary/aromatic N) is 1. The molecule has 0 bridgehead atoms. The van der Waals surface area contributed by atoms with Gasteiger partial charge in [-0.1, -0.05) is 0 Å². The molecule has 2 fully saturated rings. The first-order chi connectivity index (χ1) is 8.39. The molecule has 1 amide bonds. The summed E-state index contributed by atoms with van der Waals surface area (Å²) in [4.78, 5) is 24.3. The first kappa shape index (κ1) is 13.3. The molecule has 102 valence electrons. The minimum absolute atomic E-state index is 0.0454. The van der Waals surface area contributed by atoms with Gasteiger partial charge in [0.2, 0.25) is 5.91 Å². The Morgan fingerprint density at radius 1 is 1.44 bits per heavy atom. The highest BCUT2D eigenvalue weighted by molar-refractivity contribution is 5.80. The summed E-state index contributed by atoms with van der Waals surface area (Å²) in [6.07, 6.45) is 2.54. The average molecular weight is 256 g/mol. The van der Waals surface area contributed by atoms with E-state index >= 15 is 0 Å². The number of hydrogen-bond acceptors (Lipinski definition) is 4. The van der Waals surface area contributed by atoms with E-state index in [4.69, 9.17) is 15.6 Å². The van der Waals surface area contributed by atoms with Crippen LogP contribution in [0.1, 0.15) is 26.2 Å². The summed E-state index contributed by atoms with van der Waals surface area (Å²) in [7, 11) is 0. The predicted octanol–water partition coefficient (Wildman–Crippen LogP) is -0.184. The standard InChI is InChI=1S/C12H20N2O4/c1-12(18-5-10(15)16)6-14(7-12)11(17)8-2-3-9(13)4-8/h8-9H,2-7,13H2,1H3,(H,15,16). The zero-order chi connectivity index (χ0) is 13.3. The van der Waals surface area contributed by atoms with Crippen molar-refractivity contribution in [1.82, 2.24) is 4.90 Å². The fourth-order valence-electron chi connectivity index (χ4n) is 2.74. The van der Waals surface area contributed by atoms with Crippen LogP contribution in [0.25, 0.3) is 0 Å². The van der Waals surface area contributed by atoms with Gasteiger partial charge >= 0.3 is 5.97 Å². The highest BCUT2D eigenvalue weighted by Gasteiger charge is 2.45. The Morgan fingerprint density at radius 3 is 2.61 bits per heavy atom. The van der Waals surface area contributed by atoms with Gasteiger partial charge in [0, 0.05) is 12.0 Å². The van der Waals surface area contributed by atoms with E-state index in [1.165, 1.54) is 0 Å². The lowest BCUT2D eigenvalue weighted by molar-refractivity contribution is -0.175. The van der Waals surface area contributed by atoms with Gasteiger partial charge in [0.05, 0.1) is 13.1 Å². The smallest absolute Gasteiger partial charge is 0.329 e. The monoisotopic (exact) mass is 256 g/mol. The predicted molar refractivity (Wildman–Crippen MR) is 63.9 cm³/mol. The maximum absolute atomic E-state index is 12.1. The van der Waals surface area contributed by atoms with Gasteiger partial charge in [-0.25, -0.2) is 4.79 Å². The number of carbonyl (C=O) groups excluding carboxylic acids is 1. The lowest BCUT2D eigenvalue weighted by Gasteiger charge is -2.48. The first-order valence-corrected chi connectivity index (χ1v) is 6.30. The van der Waals surface area contributed by atoms with Crippen molar-refractivity contribution in [2.45, 2.75) is 37.8 Å². The van der Waals surface area contributed by atoms with Crippen molar-refractivity contribution in [2.75, 3.05) is 19.7 Å². The Hall–Kier alpha value is -1.14. The number of ether oxygens (including phenoxy) is 1. The number of carbonyl (C=O) groups is 2. The second-order valence-electron chi connectivity index (χ2n) is 5.60. The van der Waals surface area contributed by atoms with Crippen molar-refractivity contribution in [3.05, 3.63) is 0 Å². The van der Waals surface area contributed by atoms with E-state index in [0.29, 0.717) is 13.1 Å². The second kappa shape index (κ2) is 4.85. The number of carboxylic acid groups (broad SMARTS) is 1. The number of hydrogen-bond donors (Lipinski definition) is 2. The molecule has 6 nitrogen and oxygen atoms in total. The number of nitrogens with two attached hydrogens (primary N) is 1. The lowest BCUT2D eigenvalue weighted by Crippen LogP contribution is -2.64. The Kier molecular flexibility index (Phi) is 3.59. The summed E-state index contributed by atoms with van der Waals surface area (Å²) in [5, 5.41) is 8.55. The molecule has 0 aromatic carbocycles. The van der Waals surface area contributed by atoms with Crippen LogP contribution in [0.4, 0.5) is 0 Å². The zero-order valence-electron chi connectivity index (χ0n) is 10.6. The molecular weight excluding hydrogens is 236 g/mol. The van der Waals surface area contributed by atoms with Crippen LogP contribution in [0, 0.1) is 5.92 Å². The summed E-state index contributed by atoms with van der Waals surface area (Å²) in [6, 6.07) is 0.148. The van der Waals surface area contributed by atoms with Gasteiger partial charge in [-0.2, -0.15) is 0 Å². The van der Waals surface area contributed by atoms with Gasteiger partial charge in [0.25, 0.3) is 0 Å². The molecule has 0 radical (unpaired) electrons. The maximum Gasteiger partial charge on any atom is 0.329 e. The van der Waals surface area contributed by atoms with E-state index in [1.54, 1.807) is 4.90 Å². The molecule has 18 heavy (non-hydrogen) atoms. The summed E-state index contributed by atoms with van der Waals surface area (Å²) < 4.78 is 5.27. The third-order valence-electron chi connectivity index (χ3n) is 3.73. The minimum atomic E-state index is -0.984. The third kappa shape index (κ3) is 2.81. The molecule has 2 aliphatic rings. The Balaban J connectivity index is 1.77. The summed E-state index contributed by atoms with van der Waals surface area (Å²) in [5.74, 6) is -0.800. The van der Waals surface area contributed by atoms with E-state index < -0.39 is 11.6 Å². The highest BCUT2D eigenvalue weighted by Crippen LogP contribution is 2.31. The molecule has 2 unspecified atom stereocenters. The van der Waals surface area contributed by atoms with Crippen molar-refractivity contribution in [3.8, 4) is 0 Å². The fourth-order valence-corrected chi connectivity index (χ4v) is 2.74. The largest absolute Gasteiger partial charge is 0.480 e. The van der Waals surface area contributed by atoms with Crippen LogP contribution >= 0.6 is 0 Å². The van der Waals surface area contributed by atoms with Crippen LogP contribution in [-0.4, -0.2) is 53.2 Å². The zero-order valence-corrected chi connectivity index (χ0v) is 10.6. The molecule has 0 aromatic rings. The molecule has 1 aliphatic carbocycles. The van der Waals surface area contributed by atoms with Crippen molar-refractivity contribution >= 4 is 11.9 Å². The number of aliphatic carboxylic acids is 1. The molecule has 1 heterocycles. The summed E-state index contributed by atoms with van der Waals surface area (Å²) in [5.41, 5.74) is 5.29. The van der Waals surface area contributed by atoms with E-state index in [9.17, 15) is 9.59 Å². The summed E-state index contributed by atoms with van der Waals surface area (Å²) >= 11 is 0. The van der Waals surface area contributed by atoms with E-state index in [1.807, 2.05) is 6.92 Å². The maximum atomic E-state index is 12.1. The molecule has 6 heteroatoms. The number of amides is 1. The number of rotatable bonds is 4. The SMILES string of the molecule is CC1(OCC(=O)O)CN(C(=O)C2CCC(N)C2)C1. The van der Waals surface area contributed by atoms with Crippen LogP contribution in [0.2, 0.25) is 0 Å². The van der Waals surface area contributed by atoms with Crippen molar-refractivity contribution in [2.24, 2.45) is 11.7 Å². The van der Waals surface area contributed by atoms with Crippen LogP contribution in [0.15, 0.2) is 0 Å². The van der Waals surface area contributed by atoms with Crippen molar-refractivity contribution < 1.29 is 19.4 Å². The Labute approximate surface area is 106 Å². The molecule has 0 aromatic heterocycles. The van der Waals surface area contributed by atoms with E-state index in [0.717, 1.165) is 19.3 Å². The Bertz CT molecular complexity index is 352. The van der Waals surface area contributed by atoms with Crippen LogP contribution in [0.3, 0.4) is 0 Å². The van der Waals surface area contributed by atoms with Gasteiger partial charge in [-0.05, 0) is 26.2 Å². The quantitative estimate of drug-likeness (QED) is 0.727. The average Bonchev–Trinajstić information content (AvgIpc) is 2.68. The third-order valence-corrected chi connectivity index (χ3v) is 3.73. The Morgan fingerprint density at radius 2 is 2.11 bits per heavy atom. The highest BCUT2D eigenvalue weighted by atomic mass is 16.5. The van der Waals surface area contributed by atoms with Gasteiger partial charge in [-0.15, -0.1) is 0 Å². The summed E-state index contributed by atoms with van der Waals surface area (Å²) in [6.45, 7) is 2.47. The van der Waals surface area contributed by atoms with Crippen LogP contribution < -0.4 is 5.73 Å². The van der Waals surface area contributed by atoms with E-state index in [2.05, 4.69) is 0 Å². The van der Waals surface area contributed by atoms with Crippen molar-refractivity contribution in [1.29, 1.82) is 0 Å². The second-order valence-corrected chi connectivity index (χ2v) is 5.60. The number of likely N-dealkylation sites (tertiary alicyclic amines) is 1. The molecule has 1 saturated heterocycles. The number of carboxylic acids is 1. The van der Waals surface area contributed by atoms with Gasteiger partial charge in [0.15, 0.2) is 0 Å². The van der Waals surface area contributed by atoms with Gasteiger partial charge < -0.3 is 20.5 Å². The van der Waals surface area contributed by atoms with Gasteiger partial charge in [0.1, 0.15) is 12.2 Å². The molecule has 2 atom stereocenters. The molecule has 0 spiro atoms.